The smallest absolute Gasteiger partial charge is 0.330 e. The highest BCUT2D eigenvalue weighted by Gasteiger charge is 2.02. The van der Waals surface area contributed by atoms with E-state index in [1.165, 1.54) is 17.4 Å². The molecule has 16 heavy (non-hydrogen) atoms. The van der Waals surface area contributed by atoms with Gasteiger partial charge in [-0.25, -0.2) is 4.79 Å². The van der Waals surface area contributed by atoms with Crippen molar-refractivity contribution in [1.82, 2.24) is 0 Å². The average molecular weight is 240 g/mol. The highest BCUT2D eigenvalue weighted by molar-refractivity contribution is 7.12. The predicted octanol–water partition coefficient (Wildman–Crippen LogP) is 2.06. The molecule has 0 spiro atoms. The van der Waals surface area contributed by atoms with Crippen molar-refractivity contribution in [3.8, 4) is 5.75 Å². The van der Waals surface area contributed by atoms with E-state index < -0.39 is 5.97 Å². The van der Waals surface area contributed by atoms with E-state index in [1.54, 1.807) is 24.4 Å². The molecular formula is C11H12O4S. The molecule has 0 aromatic carbocycles. The molecule has 5 heteroatoms. The third kappa shape index (κ3) is 3.86. The number of aldehydes is 1. The molecular weight excluding hydrogens is 228 g/mol. The van der Waals surface area contributed by atoms with Crippen LogP contribution in [-0.4, -0.2) is 25.5 Å². The molecule has 0 aliphatic carbocycles. The second-order valence-electron chi connectivity index (χ2n) is 2.73. The van der Waals surface area contributed by atoms with Crippen LogP contribution in [0.1, 0.15) is 16.6 Å². The summed E-state index contributed by atoms with van der Waals surface area (Å²) >= 11 is 1.31. The van der Waals surface area contributed by atoms with Crippen LogP contribution in [0.2, 0.25) is 0 Å². The van der Waals surface area contributed by atoms with E-state index in [9.17, 15) is 9.59 Å². The Balaban J connectivity index is 2.35. The first-order valence-electron chi connectivity index (χ1n) is 4.76. The maximum absolute atomic E-state index is 10.9. The summed E-state index contributed by atoms with van der Waals surface area (Å²) in [5.41, 5.74) is 0. The van der Waals surface area contributed by atoms with Gasteiger partial charge in [-0.2, -0.15) is 0 Å². The normalized spacial score (nSPS) is 10.3. The van der Waals surface area contributed by atoms with Crippen LogP contribution < -0.4 is 4.74 Å². The van der Waals surface area contributed by atoms with Gasteiger partial charge in [0.15, 0.2) is 6.29 Å². The first-order valence-corrected chi connectivity index (χ1v) is 5.64. The van der Waals surface area contributed by atoms with Crippen molar-refractivity contribution < 1.29 is 19.1 Å². The quantitative estimate of drug-likeness (QED) is 0.434. The molecule has 0 fully saturated rings. The predicted molar refractivity (Wildman–Crippen MR) is 61.0 cm³/mol. The van der Waals surface area contributed by atoms with Gasteiger partial charge in [-0.05, 0) is 24.4 Å². The molecule has 0 saturated carbocycles. The maximum Gasteiger partial charge on any atom is 0.330 e. The van der Waals surface area contributed by atoms with Gasteiger partial charge in [0.25, 0.3) is 0 Å². The molecule has 0 aliphatic heterocycles. The van der Waals surface area contributed by atoms with Crippen molar-refractivity contribution in [3.63, 3.8) is 0 Å². The monoisotopic (exact) mass is 240 g/mol. The third-order valence-corrected chi connectivity index (χ3v) is 2.46. The van der Waals surface area contributed by atoms with Crippen LogP contribution in [0.5, 0.6) is 5.75 Å². The summed E-state index contributed by atoms with van der Waals surface area (Å²) in [6.07, 6.45) is 3.59. The summed E-state index contributed by atoms with van der Waals surface area (Å²) < 4.78 is 9.97. The molecule has 0 radical (unpaired) electrons. The van der Waals surface area contributed by atoms with Crippen molar-refractivity contribution in [2.24, 2.45) is 0 Å². The molecule has 0 bridgehead atoms. The molecule has 0 unspecified atom stereocenters. The Bertz CT molecular complexity index is 381. The molecule has 4 nitrogen and oxygen atoms in total. The number of thiophene rings is 1. The molecule has 0 saturated heterocycles. The van der Waals surface area contributed by atoms with Crippen LogP contribution in [0.25, 0.3) is 0 Å². The van der Waals surface area contributed by atoms with Crippen molar-refractivity contribution in [3.05, 3.63) is 28.5 Å². The summed E-state index contributed by atoms with van der Waals surface area (Å²) in [6.45, 7) is 2.32. The summed E-state index contributed by atoms with van der Waals surface area (Å²) in [5.74, 6) is 0.139. The second-order valence-corrected chi connectivity index (χ2v) is 3.68. The van der Waals surface area contributed by atoms with Gasteiger partial charge in [0, 0.05) is 6.08 Å². The van der Waals surface area contributed by atoms with Gasteiger partial charge in [0.2, 0.25) is 0 Å². The molecule has 0 atom stereocenters. The van der Waals surface area contributed by atoms with Gasteiger partial charge in [-0.1, -0.05) is 0 Å². The van der Waals surface area contributed by atoms with Crippen LogP contribution >= 0.6 is 11.3 Å². The molecule has 1 aromatic heterocycles. The van der Waals surface area contributed by atoms with E-state index in [0.29, 0.717) is 17.2 Å². The molecule has 1 heterocycles. The summed E-state index contributed by atoms with van der Waals surface area (Å²) in [4.78, 5) is 22.0. The zero-order chi connectivity index (χ0) is 11.8. The number of hydrogen-bond donors (Lipinski definition) is 0. The Hall–Kier alpha value is -1.62. The van der Waals surface area contributed by atoms with Crippen molar-refractivity contribution in [2.45, 2.75) is 6.92 Å². The Morgan fingerprint density at radius 2 is 2.38 bits per heavy atom. The number of ether oxygens (including phenoxy) is 2. The lowest BCUT2D eigenvalue weighted by atomic mass is 10.4. The van der Waals surface area contributed by atoms with Crippen LogP contribution in [-0.2, 0) is 9.53 Å². The van der Waals surface area contributed by atoms with Crippen LogP contribution in [0.3, 0.4) is 0 Å². The average Bonchev–Trinajstić information content (AvgIpc) is 2.72. The topological polar surface area (TPSA) is 52.6 Å². The van der Waals surface area contributed by atoms with E-state index in [2.05, 4.69) is 4.74 Å². The first kappa shape index (κ1) is 12.4. The highest BCUT2D eigenvalue weighted by Crippen LogP contribution is 2.22. The van der Waals surface area contributed by atoms with Gasteiger partial charge in [0.05, 0.1) is 6.61 Å². The van der Waals surface area contributed by atoms with Crippen LogP contribution in [0.15, 0.2) is 23.6 Å². The minimum atomic E-state index is -0.396. The lowest BCUT2D eigenvalue weighted by Gasteiger charge is -2.00. The van der Waals surface area contributed by atoms with Gasteiger partial charge in [-0.15, -0.1) is 11.3 Å². The minimum absolute atomic E-state index is 0.233. The number of hydrogen-bond acceptors (Lipinski definition) is 5. The van der Waals surface area contributed by atoms with Crippen molar-refractivity contribution >= 4 is 23.6 Å². The third-order valence-electron chi connectivity index (χ3n) is 1.64. The maximum atomic E-state index is 10.9. The molecule has 86 valence electrons. The Kier molecular flexibility index (Phi) is 5.28. The standard InChI is InChI=1S/C11H12O4S/c1-2-14-11(13)4-3-6-15-9-5-7-16-10(9)8-12/h3-5,7-8H,2,6H2,1H3/b4-3+. The van der Waals surface area contributed by atoms with Gasteiger partial charge in [0.1, 0.15) is 17.2 Å². The fourth-order valence-electron chi connectivity index (χ4n) is 0.987. The van der Waals surface area contributed by atoms with Gasteiger partial charge < -0.3 is 9.47 Å². The van der Waals surface area contributed by atoms with Crippen LogP contribution in [0.4, 0.5) is 0 Å². The van der Waals surface area contributed by atoms with E-state index in [1.807, 2.05) is 0 Å². The number of rotatable bonds is 6. The second kappa shape index (κ2) is 6.79. The highest BCUT2D eigenvalue weighted by atomic mass is 32.1. The largest absolute Gasteiger partial charge is 0.488 e. The zero-order valence-electron chi connectivity index (χ0n) is 8.84. The van der Waals surface area contributed by atoms with Crippen LogP contribution in [0, 0.1) is 0 Å². The fraction of sp³-hybridized carbons (Fsp3) is 0.273. The first-order chi connectivity index (χ1) is 7.77. The summed E-state index contributed by atoms with van der Waals surface area (Å²) in [6, 6.07) is 1.71. The van der Waals surface area contributed by atoms with Crippen molar-refractivity contribution in [2.75, 3.05) is 13.2 Å². The van der Waals surface area contributed by atoms with E-state index in [0.717, 1.165) is 6.29 Å². The lowest BCUT2D eigenvalue weighted by Crippen LogP contribution is -2.01. The van der Waals surface area contributed by atoms with Gasteiger partial charge >= 0.3 is 5.97 Å². The summed E-state index contributed by atoms with van der Waals surface area (Å²) in [7, 11) is 0. The number of carbonyl (C=O) groups is 2. The molecule has 1 rings (SSSR count). The number of carbonyl (C=O) groups excluding carboxylic acids is 2. The molecule has 0 amide bonds. The Morgan fingerprint density at radius 3 is 3.06 bits per heavy atom. The van der Waals surface area contributed by atoms with E-state index in [4.69, 9.17) is 4.74 Å². The summed E-state index contributed by atoms with van der Waals surface area (Å²) in [5, 5.41) is 1.77. The fourth-order valence-corrected chi connectivity index (χ4v) is 1.62. The Morgan fingerprint density at radius 1 is 1.56 bits per heavy atom. The van der Waals surface area contributed by atoms with E-state index in [-0.39, 0.29) is 6.61 Å². The number of esters is 1. The Labute approximate surface area is 97.5 Å². The van der Waals surface area contributed by atoms with Crippen molar-refractivity contribution in [1.29, 1.82) is 0 Å². The molecule has 0 aliphatic rings. The minimum Gasteiger partial charge on any atom is -0.488 e. The SMILES string of the molecule is CCOC(=O)/C=C/COc1ccsc1C=O. The lowest BCUT2D eigenvalue weighted by molar-refractivity contribution is -0.137. The molecule has 0 N–H and O–H groups in total. The van der Waals surface area contributed by atoms with Gasteiger partial charge in [-0.3, -0.25) is 4.79 Å². The molecule has 1 aromatic rings. The zero-order valence-corrected chi connectivity index (χ0v) is 9.66. The van der Waals surface area contributed by atoms with E-state index >= 15 is 0 Å².